The van der Waals surface area contributed by atoms with Gasteiger partial charge in [0.05, 0.1) is 16.6 Å². The van der Waals surface area contributed by atoms with E-state index < -0.39 is 20.3 Å². The fraction of sp³-hybridized carbons (Fsp3) is 0.857. The van der Waals surface area contributed by atoms with Crippen molar-refractivity contribution < 1.29 is 8.42 Å². The second-order valence-corrected chi connectivity index (χ2v) is 9.11. The van der Waals surface area contributed by atoms with Gasteiger partial charge in [-0.15, -0.1) is 5.10 Å². The number of aryl methyl sites for hydroxylation is 1. The molecule has 1 aliphatic rings. The van der Waals surface area contributed by atoms with Gasteiger partial charge in [0, 0.05) is 25.2 Å². The zero-order valence-electron chi connectivity index (χ0n) is 13.9. The molecule has 1 fully saturated rings. The van der Waals surface area contributed by atoms with Crippen molar-refractivity contribution in [3.63, 3.8) is 0 Å². The predicted octanol–water partition coefficient (Wildman–Crippen LogP) is 1.03. The van der Waals surface area contributed by atoms with E-state index in [1.165, 1.54) is 0 Å². The zero-order chi connectivity index (χ0) is 16.4. The van der Waals surface area contributed by atoms with E-state index in [9.17, 15) is 8.42 Å². The van der Waals surface area contributed by atoms with Gasteiger partial charge in [-0.1, -0.05) is 11.6 Å². The van der Waals surface area contributed by atoms with E-state index in [0.29, 0.717) is 25.9 Å². The van der Waals surface area contributed by atoms with Crippen LogP contribution in [0, 0.1) is 0 Å². The number of nitrogens with one attached hydrogen (secondary N) is 2. The average molecular weight is 329 g/mol. The molecule has 0 unspecified atom stereocenters. The van der Waals surface area contributed by atoms with Gasteiger partial charge in [-0.25, -0.2) is 17.8 Å². The van der Waals surface area contributed by atoms with Crippen molar-refractivity contribution in [2.75, 3.05) is 6.54 Å². The monoisotopic (exact) mass is 329 g/mol. The quantitative estimate of drug-likeness (QED) is 0.780. The molecule has 1 aliphatic carbocycles. The highest BCUT2D eigenvalue weighted by Crippen LogP contribution is 2.39. The van der Waals surface area contributed by atoms with Gasteiger partial charge in [-0.3, -0.25) is 0 Å². The van der Waals surface area contributed by atoms with Crippen molar-refractivity contribution in [1.29, 1.82) is 0 Å². The summed E-state index contributed by atoms with van der Waals surface area (Å²) < 4.78 is 29.3. The van der Waals surface area contributed by atoms with Crippen LogP contribution in [0.2, 0.25) is 0 Å². The van der Waals surface area contributed by atoms with E-state index in [1.807, 2.05) is 32.4 Å². The average Bonchev–Trinajstić information content (AvgIpc) is 2.76. The van der Waals surface area contributed by atoms with Crippen LogP contribution in [0.1, 0.15) is 52.7 Å². The Morgan fingerprint density at radius 1 is 1.36 bits per heavy atom. The number of hydrogen-bond acceptors (Lipinski definition) is 5. The number of hydrogen-bond donors (Lipinski definition) is 2. The topological polar surface area (TPSA) is 88.9 Å². The molecule has 0 amide bonds. The third-order valence-corrected chi connectivity index (χ3v) is 6.60. The van der Waals surface area contributed by atoms with E-state index >= 15 is 0 Å². The van der Waals surface area contributed by atoms with Gasteiger partial charge in [-0.05, 0) is 40.5 Å². The van der Waals surface area contributed by atoms with Gasteiger partial charge < -0.3 is 5.32 Å². The van der Waals surface area contributed by atoms with Gasteiger partial charge in [0.25, 0.3) is 0 Å². The van der Waals surface area contributed by atoms with Crippen molar-refractivity contribution >= 4 is 10.0 Å². The van der Waals surface area contributed by atoms with Crippen LogP contribution in [0.25, 0.3) is 0 Å². The first kappa shape index (κ1) is 17.4. The summed E-state index contributed by atoms with van der Waals surface area (Å²) in [4.78, 5) is 0. The maximum absolute atomic E-state index is 12.7. The summed E-state index contributed by atoms with van der Waals surface area (Å²) in [5.41, 5.74) is 0.518. The molecule has 0 spiro atoms. The van der Waals surface area contributed by atoms with E-state index in [0.717, 1.165) is 18.7 Å². The fourth-order valence-corrected chi connectivity index (χ4v) is 4.86. The molecule has 126 valence electrons. The Labute approximate surface area is 132 Å². The summed E-state index contributed by atoms with van der Waals surface area (Å²) >= 11 is 0. The van der Waals surface area contributed by atoms with Crippen LogP contribution in [-0.2, 0) is 23.1 Å². The Morgan fingerprint density at radius 3 is 2.55 bits per heavy atom. The highest BCUT2D eigenvalue weighted by Gasteiger charge is 2.49. The Bertz CT molecular complexity index is 599. The Hall–Kier alpha value is -0.990. The van der Waals surface area contributed by atoms with Crippen molar-refractivity contribution in [3.05, 3.63) is 11.9 Å². The third-order valence-electron chi connectivity index (χ3n) is 4.03. The van der Waals surface area contributed by atoms with Crippen LogP contribution >= 0.6 is 0 Å². The lowest BCUT2D eigenvalue weighted by Gasteiger charge is -2.42. The summed E-state index contributed by atoms with van der Waals surface area (Å²) in [6.45, 7) is 9.40. The Balaban J connectivity index is 2.00. The lowest BCUT2D eigenvalue weighted by molar-refractivity contribution is 0.311. The van der Waals surface area contributed by atoms with Crippen LogP contribution in [0.15, 0.2) is 6.20 Å². The minimum atomic E-state index is -3.35. The molecule has 7 nitrogen and oxygen atoms in total. The summed E-state index contributed by atoms with van der Waals surface area (Å²) in [7, 11) is -3.35. The van der Waals surface area contributed by atoms with Gasteiger partial charge in [-0.2, -0.15) is 0 Å². The van der Waals surface area contributed by atoms with Crippen molar-refractivity contribution in [2.24, 2.45) is 0 Å². The third kappa shape index (κ3) is 3.67. The second-order valence-electron chi connectivity index (χ2n) is 7.04. The molecule has 0 radical (unpaired) electrons. The van der Waals surface area contributed by atoms with Crippen LogP contribution in [-0.4, -0.2) is 40.2 Å². The number of aromatic nitrogens is 3. The van der Waals surface area contributed by atoms with Crippen molar-refractivity contribution in [1.82, 2.24) is 25.0 Å². The molecule has 0 bridgehead atoms. The predicted molar refractivity (Wildman–Crippen MR) is 85.8 cm³/mol. The molecule has 0 aliphatic heterocycles. The minimum Gasteiger partial charge on any atom is -0.309 e. The molecule has 2 N–H and O–H groups in total. The fourth-order valence-electron chi connectivity index (χ4n) is 2.72. The van der Waals surface area contributed by atoms with E-state index in [2.05, 4.69) is 20.4 Å². The standard InChI is InChI=1S/C14H27N5O2S/c1-5-19-12(10-16-18-19)9-15-11-14(7-6-8-14)22(20,21)17-13(2,3)4/h10,15,17H,5-9,11H2,1-4H3. The molecule has 0 saturated heterocycles. The van der Waals surface area contributed by atoms with Gasteiger partial charge in [0.15, 0.2) is 0 Å². The van der Waals surface area contributed by atoms with Crippen LogP contribution in [0.5, 0.6) is 0 Å². The maximum Gasteiger partial charge on any atom is 0.219 e. The molecule has 22 heavy (non-hydrogen) atoms. The molecule has 0 atom stereocenters. The molecule has 1 heterocycles. The van der Waals surface area contributed by atoms with Crippen LogP contribution < -0.4 is 10.0 Å². The highest BCUT2D eigenvalue weighted by molar-refractivity contribution is 7.91. The summed E-state index contributed by atoms with van der Waals surface area (Å²) in [5, 5.41) is 11.1. The largest absolute Gasteiger partial charge is 0.309 e. The SMILES string of the molecule is CCn1nncc1CNCC1(S(=O)(=O)NC(C)(C)C)CCC1. The number of sulfonamides is 1. The number of nitrogens with zero attached hydrogens (tertiary/aromatic N) is 3. The molecular formula is C14H27N5O2S. The minimum absolute atomic E-state index is 0.452. The Kier molecular flexibility index (Phi) is 4.93. The zero-order valence-corrected chi connectivity index (χ0v) is 14.7. The summed E-state index contributed by atoms with van der Waals surface area (Å²) in [6, 6.07) is 0. The lowest BCUT2D eigenvalue weighted by Crippen LogP contribution is -2.59. The molecule has 2 rings (SSSR count). The summed E-state index contributed by atoms with van der Waals surface area (Å²) in [5.74, 6) is 0. The molecule has 0 aromatic carbocycles. The van der Waals surface area contributed by atoms with E-state index in [4.69, 9.17) is 0 Å². The normalized spacial score (nSPS) is 18.2. The molecule has 8 heteroatoms. The van der Waals surface area contributed by atoms with Gasteiger partial charge >= 0.3 is 0 Å². The van der Waals surface area contributed by atoms with Gasteiger partial charge in [0.2, 0.25) is 10.0 Å². The van der Waals surface area contributed by atoms with E-state index in [-0.39, 0.29) is 0 Å². The summed E-state index contributed by atoms with van der Waals surface area (Å²) in [6.07, 6.45) is 4.08. The second kappa shape index (κ2) is 6.25. The van der Waals surface area contributed by atoms with E-state index in [1.54, 1.807) is 6.20 Å². The first-order valence-electron chi connectivity index (χ1n) is 7.81. The molecule has 1 aromatic heterocycles. The van der Waals surface area contributed by atoms with Crippen LogP contribution in [0.3, 0.4) is 0 Å². The van der Waals surface area contributed by atoms with Crippen LogP contribution in [0.4, 0.5) is 0 Å². The lowest BCUT2D eigenvalue weighted by atomic mass is 9.84. The molecule has 1 saturated carbocycles. The first-order valence-corrected chi connectivity index (χ1v) is 9.29. The van der Waals surface area contributed by atoms with Gasteiger partial charge in [0.1, 0.15) is 0 Å². The first-order chi connectivity index (χ1) is 10.2. The maximum atomic E-state index is 12.7. The highest BCUT2D eigenvalue weighted by atomic mass is 32.2. The molecule has 1 aromatic rings. The Morgan fingerprint density at radius 2 is 2.05 bits per heavy atom. The molecular weight excluding hydrogens is 302 g/mol. The van der Waals surface area contributed by atoms with Crippen molar-refractivity contribution in [2.45, 2.75) is 70.3 Å². The van der Waals surface area contributed by atoms with Crippen molar-refractivity contribution in [3.8, 4) is 0 Å². The number of rotatable bonds is 7. The smallest absolute Gasteiger partial charge is 0.219 e.